The first-order valence-corrected chi connectivity index (χ1v) is 6.83. The third kappa shape index (κ3) is 3.45. The van der Waals surface area contributed by atoms with Crippen LogP contribution in [-0.2, 0) is 5.41 Å². The summed E-state index contributed by atoms with van der Waals surface area (Å²) in [6.07, 6.45) is 0. The Labute approximate surface area is 125 Å². The molecule has 106 valence electrons. The van der Waals surface area contributed by atoms with E-state index >= 15 is 0 Å². The molecule has 4 nitrogen and oxygen atoms in total. The summed E-state index contributed by atoms with van der Waals surface area (Å²) in [7, 11) is 0. The highest BCUT2D eigenvalue weighted by atomic mass is 79.9. The lowest BCUT2D eigenvalue weighted by atomic mass is 9.96. The third-order valence-electron chi connectivity index (χ3n) is 2.50. The van der Waals surface area contributed by atoms with E-state index in [-0.39, 0.29) is 17.1 Å². The molecule has 0 spiro atoms. The first kappa shape index (κ1) is 14.7. The molecule has 0 atom stereocenters. The van der Waals surface area contributed by atoms with E-state index in [0.29, 0.717) is 21.9 Å². The Morgan fingerprint density at radius 1 is 1.20 bits per heavy atom. The van der Waals surface area contributed by atoms with Crippen LogP contribution in [0.5, 0.6) is 11.6 Å². The second-order valence-electron chi connectivity index (χ2n) is 5.38. The lowest BCUT2D eigenvalue weighted by Crippen LogP contribution is -2.17. The summed E-state index contributed by atoms with van der Waals surface area (Å²) in [4.78, 5) is 8.50. The summed E-state index contributed by atoms with van der Waals surface area (Å²) < 4.78 is 19.5. The number of nitrogens with two attached hydrogens (primary N) is 1. The molecule has 0 aliphatic carbocycles. The van der Waals surface area contributed by atoms with E-state index in [9.17, 15) is 4.39 Å². The highest BCUT2D eigenvalue weighted by molar-refractivity contribution is 9.10. The Balaban J connectivity index is 2.39. The number of aromatic nitrogens is 2. The van der Waals surface area contributed by atoms with E-state index in [1.807, 2.05) is 20.8 Å². The topological polar surface area (TPSA) is 61.0 Å². The smallest absolute Gasteiger partial charge is 0.224 e. The van der Waals surface area contributed by atoms with Crippen molar-refractivity contribution in [2.24, 2.45) is 0 Å². The van der Waals surface area contributed by atoms with Crippen molar-refractivity contribution in [3.8, 4) is 11.6 Å². The van der Waals surface area contributed by atoms with Crippen molar-refractivity contribution in [1.29, 1.82) is 0 Å². The van der Waals surface area contributed by atoms with E-state index in [1.165, 1.54) is 18.2 Å². The first-order chi connectivity index (χ1) is 9.25. The molecule has 0 amide bonds. The number of nitrogens with zero attached hydrogens (tertiary/aromatic N) is 2. The van der Waals surface area contributed by atoms with E-state index in [2.05, 4.69) is 25.9 Å². The van der Waals surface area contributed by atoms with Gasteiger partial charge in [0.1, 0.15) is 23.2 Å². The molecule has 2 aromatic rings. The molecular formula is C14H15BrFN3O. The minimum Gasteiger partial charge on any atom is -0.438 e. The van der Waals surface area contributed by atoms with Gasteiger partial charge in [0.05, 0.1) is 4.47 Å². The van der Waals surface area contributed by atoms with Gasteiger partial charge in [0.15, 0.2) is 0 Å². The number of hydrogen-bond acceptors (Lipinski definition) is 4. The van der Waals surface area contributed by atoms with Crippen LogP contribution in [0.4, 0.5) is 10.2 Å². The molecule has 0 bridgehead atoms. The Morgan fingerprint density at radius 2 is 1.90 bits per heavy atom. The summed E-state index contributed by atoms with van der Waals surface area (Å²) in [5.74, 6) is 1.12. The van der Waals surface area contributed by atoms with Crippen LogP contribution in [-0.4, -0.2) is 9.97 Å². The van der Waals surface area contributed by atoms with Gasteiger partial charge in [0.25, 0.3) is 0 Å². The molecule has 0 aliphatic rings. The molecular weight excluding hydrogens is 325 g/mol. The molecule has 0 radical (unpaired) electrons. The van der Waals surface area contributed by atoms with E-state index < -0.39 is 0 Å². The average molecular weight is 340 g/mol. The average Bonchev–Trinajstić information content (AvgIpc) is 2.32. The number of halogens is 2. The highest BCUT2D eigenvalue weighted by Crippen LogP contribution is 2.31. The number of benzene rings is 1. The number of anilines is 1. The molecule has 0 saturated heterocycles. The fraction of sp³-hybridized carbons (Fsp3) is 0.286. The molecule has 1 heterocycles. The van der Waals surface area contributed by atoms with Crippen LogP contribution >= 0.6 is 15.9 Å². The third-order valence-corrected chi connectivity index (χ3v) is 3.16. The maximum Gasteiger partial charge on any atom is 0.224 e. The van der Waals surface area contributed by atoms with Gasteiger partial charge < -0.3 is 10.5 Å². The molecule has 20 heavy (non-hydrogen) atoms. The summed E-state index contributed by atoms with van der Waals surface area (Å²) in [5, 5.41) is 0. The van der Waals surface area contributed by atoms with Crippen LogP contribution in [0, 0.1) is 5.82 Å². The molecule has 2 rings (SSSR count). The second-order valence-corrected chi connectivity index (χ2v) is 6.24. The van der Waals surface area contributed by atoms with Gasteiger partial charge in [0, 0.05) is 17.5 Å². The van der Waals surface area contributed by atoms with Gasteiger partial charge in [-0.05, 0) is 28.1 Å². The largest absolute Gasteiger partial charge is 0.438 e. The van der Waals surface area contributed by atoms with Crippen molar-refractivity contribution in [3.05, 3.63) is 40.4 Å². The van der Waals surface area contributed by atoms with E-state index in [1.54, 1.807) is 6.07 Å². The number of ether oxygens (including phenoxy) is 1. The van der Waals surface area contributed by atoms with Crippen LogP contribution in [0.25, 0.3) is 0 Å². The maximum absolute atomic E-state index is 13.2. The molecule has 0 aliphatic heterocycles. The van der Waals surface area contributed by atoms with Crippen LogP contribution in [0.2, 0.25) is 0 Å². The predicted octanol–water partition coefficient (Wildman–Crippen LogP) is 4.05. The zero-order chi connectivity index (χ0) is 14.9. The van der Waals surface area contributed by atoms with Crippen molar-refractivity contribution in [2.45, 2.75) is 26.2 Å². The number of hydrogen-bond donors (Lipinski definition) is 1. The van der Waals surface area contributed by atoms with Crippen LogP contribution in [0.15, 0.2) is 28.7 Å². The van der Waals surface area contributed by atoms with Crippen molar-refractivity contribution in [3.63, 3.8) is 0 Å². The maximum atomic E-state index is 13.2. The highest BCUT2D eigenvalue weighted by Gasteiger charge is 2.19. The summed E-state index contributed by atoms with van der Waals surface area (Å²) in [6, 6.07) is 5.69. The quantitative estimate of drug-likeness (QED) is 0.896. The minimum atomic E-state index is -0.388. The SMILES string of the molecule is CC(C)(C)c1nc(N)cc(Oc2cc(F)ccc2Br)n1. The lowest BCUT2D eigenvalue weighted by molar-refractivity contribution is 0.440. The summed E-state index contributed by atoms with van der Waals surface area (Å²) >= 11 is 3.30. The fourth-order valence-electron chi connectivity index (χ4n) is 1.50. The van der Waals surface area contributed by atoms with Crippen LogP contribution < -0.4 is 10.5 Å². The fourth-order valence-corrected chi connectivity index (χ4v) is 1.83. The van der Waals surface area contributed by atoms with Gasteiger partial charge in [-0.3, -0.25) is 0 Å². The second kappa shape index (κ2) is 5.36. The Bertz CT molecular complexity index is 641. The van der Waals surface area contributed by atoms with Crippen molar-refractivity contribution in [1.82, 2.24) is 9.97 Å². The van der Waals surface area contributed by atoms with E-state index in [4.69, 9.17) is 10.5 Å². The van der Waals surface area contributed by atoms with Crippen molar-refractivity contribution < 1.29 is 9.13 Å². The zero-order valence-electron chi connectivity index (χ0n) is 11.4. The molecule has 0 unspecified atom stereocenters. The number of rotatable bonds is 2. The number of nitrogen functional groups attached to an aromatic ring is 1. The predicted molar refractivity (Wildman–Crippen MR) is 79.3 cm³/mol. The van der Waals surface area contributed by atoms with E-state index in [0.717, 1.165) is 0 Å². The first-order valence-electron chi connectivity index (χ1n) is 6.03. The van der Waals surface area contributed by atoms with Gasteiger partial charge in [-0.2, -0.15) is 4.98 Å². The Hall–Kier alpha value is -1.69. The Morgan fingerprint density at radius 3 is 2.55 bits per heavy atom. The van der Waals surface area contributed by atoms with Gasteiger partial charge in [-0.1, -0.05) is 20.8 Å². The molecule has 0 fully saturated rings. The minimum absolute atomic E-state index is 0.257. The standard InChI is InChI=1S/C14H15BrFN3O/c1-14(2,3)13-18-11(17)7-12(19-13)20-10-6-8(16)4-5-9(10)15/h4-7H,1-3H3,(H2,17,18,19). The van der Waals surface area contributed by atoms with Gasteiger partial charge in [-0.25, -0.2) is 9.37 Å². The summed E-state index contributed by atoms with van der Waals surface area (Å²) in [6.45, 7) is 5.93. The zero-order valence-corrected chi connectivity index (χ0v) is 13.0. The van der Waals surface area contributed by atoms with Gasteiger partial charge in [0.2, 0.25) is 5.88 Å². The molecule has 2 N–H and O–H groups in total. The molecule has 0 saturated carbocycles. The normalized spacial score (nSPS) is 11.4. The van der Waals surface area contributed by atoms with Gasteiger partial charge in [-0.15, -0.1) is 0 Å². The van der Waals surface area contributed by atoms with Gasteiger partial charge >= 0.3 is 0 Å². The van der Waals surface area contributed by atoms with Crippen LogP contribution in [0.1, 0.15) is 26.6 Å². The monoisotopic (exact) mass is 339 g/mol. The Kier molecular flexibility index (Phi) is 3.94. The molecule has 6 heteroatoms. The molecule has 1 aromatic heterocycles. The van der Waals surface area contributed by atoms with Crippen molar-refractivity contribution in [2.75, 3.05) is 5.73 Å². The molecule has 1 aromatic carbocycles. The summed E-state index contributed by atoms with van der Waals surface area (Å²) in [5.41, 5.74) is 5.50. The lowest BCUT2D eigenvalue weighted by Gasteiger charge is -2.17. The van der Waals surface area contributed by atoms with Crippen molar-refractivity contribution >= 4 is 21.7 Å². The van der Waals surface area contributed by atoms with Crippen LogP contribution in [0.3, 0.4) is 0 Å².